The highest BCUT2D eigenvalue weighted by atomic mass is 16.3. The summed E-state index contributed by atoms with van der Waals surface area (Å²) in [5, 5.41) is 20.4. The minimum Gasteiger partial charge on any atom is -0.504 e. The van der Waals surface area contributed by atoms with E-state index in [0.717, 1.165) is 49.7 Å². The summed E-state index contributed by atoms with van der Waals surface area (Å²) in [6.45, 7) is 13.3. The summed E-state index contributed by atoms with van der Waals surface area (Å²) in [6.07, 6.45) is 5.92. The number of phenols is 2. The molecule has 0 saturated heterocycles. The van der Waals surface area contributed by atoms with E-state index in [4.69, 9.17) is 0 Å². The number of rotatable bonds is 6. The Morgan fingerprint density at radius 2 is 1.00 bits per heavy atom. The van der Waals surface area contributed by atoms with Gasteiger partial charge in [-0.25, -0.2) is 0 Å². The molecule has 0 bridgehead atoms. The molecule has 0 unspecified atom stereocenters. The zero-order chi connectivity index (χ0) is 17.0. The molecule has 0 aliphatic carbocycles. The number of benzene rings is 1. The monoisotopic (exact) mass is 306 g/mol. The Morgan fingerprint density at radius 1 is 0.682 bits per heavy atom. The van der Waals surface area contributed by atoms with Gasteiger partial charge in [0.1, 0.15) is 0 Å². The van der Waals surface area contributed by atoms with Crippen LogP contribution >= 0.6 is 0 Å². The molecule has 22 heavy (non-hydrogen) atoms. The van der Waals surface area contributed by atoms with Crippen LogP contribution in [0.1, 0.15) is 78.4 Å². The van der Waals surface area contributed by atoms with Crippen LogP contribution in [0.2, 0.25) is 0 Å². The molecule has 2 N–H and O–H groups in total. The lowest BCUT2D eigenvalue weighted by Gasteiger charge is -2.19. The molecule has 0 spiro atoms. The molecule has 1 rings (SSSR count). The predicted molar refractivity (Wildman–Crippen MR) is 94.6 cm³/mol. The van der Waals surface area contributed by atoms with Gasteiger partial charge in [0.05, 0.1) is 0 Å². The molecule has 0 heterocycles. The summed E-state index contributed by atoms with van der Waals surface area (Å²) in [5.41, 5.74) is 2.34. The fourth-order valence-electron chi connectivity index (χ4n) is 2.69. The highest BCUT2D eigenvalue weighted by Gasteiger charge is 2.15. The lowest BCUT2D eigenvalue weighted by Crippen LogP contribution is -2.05. The third-order valence-electron chi connectivity index (χ3n) is 4.06. The van der Waals surface area contributed by atoms with Gasteiger partial charge in [0, 0.05) is 0 Å². The Bertz CT molecular complexity index is 431. The van der Waals surface area contributed by atoms with Gasteiger partial charge in [-0.3, -0.25) is 0 Å². The maximum absolute atomic E-state index is 10.2. The Labute approximate surface area is 136 Å². The minimum atomic E-state index is 0.0853. The third-order valence-corrected chi connectivity index (χ3v) is 4.06. The van der Waals surface area contributed by atoms with Crippen LogP contribution in [0.15, 0.2) is 12.1 Å². The Morgan fingerprint density at radius 3 is 1.27 bits per heavy atom. The topological polar surface area (TPSA) is 40.5 Å². The van der Waals surface area contributed by atoms with Crippen molar-refractivity contribution < 1.29 is 10.2 Å². The molecule has 1 aromatic carbocycles. The Kier molecular flexibility index (Phi) is 6.34. The average molecular weight is 306 g/mol. The normalized spacial score (nSPS) is 12.6. The fraction of sp³-hybridized carbons (Fsp3) is 0.700. The van der Waals surface area contributed by atoms with E-state index in [1.165, 1.54) is 0 Å². The lowest BCUT2D eigenvalue weighted by atomic mass is 9.88. The summed E-state index contributed by atoms with van der Waals surface area (Å²) in [6, 6.07) is 3.95. The molecule has 0 saturated carbocycles. The van der Waals surface area contributed by atoms with E-state index < -0.39 is 0 Å². The zero-order valence-electron chi connectivity index (χ0n) is 15.3. The van der Waals surface area contributed by atoms with Crippen LogP contribution in [0.3, 0.4) is 0 Å². The molecule has 2 heteroatoms. The van der Waals surface area contributed by atoms with Crippen LogP contribution < -0.4 is 0 Å². The van der Waals surface area contributed by atoms with E-state index in [-0.39, 0.29) is 11.5 Å². The van der Waals surface area contributed by atoms with Gasteiger partial charge < -0.3 is 10.2 Å². The second kappa shape index (κ2) is 7.39. The van der Waals surface area contributed by atoms with E-state index in [9.17, 15) is 10.2 Å². The summed E-state index contributed by atoms with van der Waals surface area (Å²) in [7, 11) is 0. The van der Waals surface area contributed by atoms with Crippen molar-refractivity contribution in [3.63, 3.8) is 0 Å². The van der Waals surface area contributed by atoms with Crippen LogP contribution in [0.4, 0.5) is 0 Å². The molecule has 0 aromatic heterocycles. The third kappa shape index (κ3) is 6.72. The Hall–Kier alpha value is -1.18. The first kappa shape index (κ1) is 18.9. The SMILES string of the molecule is CC(C)(C)CCCc1ccc(CCCC(C)(C)C)c(O)c1O. The highest BCUT2D eigenvalue weighted by molar-refractivity contribution is 5.50. The average Bonchev–Trinajstić information content (AvgIpc) is 2.34. The first-order valence-corrected chi connectivity index (χ1v) is 8.52. The van der Waals surface area contributed by atoms with Crippen molar-refractivity contribution >= 4 is 0 Å². The van der Waals surface area contributed by atoms with E-state index in [2.05, 4.69) is 41.5 Å². The van der Waals surface area contributed by atoms with Gasteiger partial charge in [0.15, 0.2) is 11.5 Å². The van der Waals surface area contributed by atoms with Crippen LogP contribution in [0, 0.1) is 10.8 Å². The molecule has 126 valence electrons. The van der Waals surface area contributed by atoms with Gasteiger partial charge in [-0.05, 0) is 60.5 Å². The van der Waals surface area contributed by atoms with E-state index in [1.807, 2.05) is 12.1 Å². The molecule has 0 aliphatic heterocycles. The number of hydrogen-bond donors (Lipinski definition) is 2. The molecule has 0 radical (unpaired) electrons. The van der Waals surface area contributed by atoms with E-state index >= 15 is 0 Å². The van der Waals surface area contributed by atoms with Gasteiger partial charge in [0.25, 0.3) is 0 Å². The predicted octanol–water partition coefficient (Wildman–Crippen LogP) is 5.84. The van der Waals surface area contributed by atoms with Crippen molar-refractivity contribution in [3.05, 3.63) is 23.3 Å². The lowest BCUT2D eigenvalue weighted by molar-refractivity contribution is 0.357. The first-order valence-electron chi connectivity index (χ1n) is 8.52. The van der Waals surface area contributed by atoms with Gasteiger partial charge in [0.2, 0.25) is 0 Å². The standard InChI is InChI=1S/C20H34O2/c1-19(2,3)13-7-9-15-11-12-16(18(22)17(15)21)10-8-14-20(4,5)6/h11-12,21-22H,7-10,13-14H2,1-6H3. The smallest absolute Gasteiger partial charge is 0.160 e. The maximum Gasteiger partial charge on any atom is 0.160 e. The number of aromatic hydroxyl groups is 2. The molecule has 0 amide bonds. The van der Waals surface area contributed by atoms with Crippen LogP contribution in [0.5, 0.6) is 11.5 Å². The highest BCUT2D eigenvalue weighted by Crippen LogP contribution is 2.35. The molecular formula is C20H34O2. The van der Waals surface area contributed by atoms with Crippen molar-refractivity contribution in [2.75, 3.05) is 0 Å². The molecule has 0 aliphatic rings. The van der Waals surface area contributed by atoms with Crippen molar-refractivity contribution in [1.29, 1.82) is 0 Å². The van der Waals surface area contributed by atoms with Crippen molar-refractivity contribution in [2.24, 2.45) is 10.8 Å². The number of hydrogen-bond acceptors (Lipinski definition) is 2. The van der Waals surface area contributed by atoms with E-state index in [0.29, 0.717) is 10.8 Å². The van der Waals surface area contributed by atoms with Crippen molar-refractivity contribution in [2.45, 2.75) is 80.1 Å². The van der Waals surface area contributed by atoms with Gasteiger partial charge >= 0.3 is 0 Å². The second-order valence-corrected chi connectivity index (χ2v) is 8.91. The summed E-state index contributed by atoms with van der Waals surface area (Å²) in [4.78, 5) is 0. The molecule has 2 nitrogen and oxygen atoms in total. The van der Waals surface area contributed by atoms with E-state index in [1.54, 1.807) is 0 Å². The summed E-state index contributed by atoms with van der Waals surface area (Å²) >= 11 is 0. The summed E-state index contributed by atoms with van der Waals surface area (Å²) < 4.78 is 0. The minimum absolute atomic E-state index is 0.0853. The number of phenolic OH excluding ortho intramolecular Hbond substituents is 2. The Balaban J connectivity index is 2.64. The zero-order valence-corrected chi connectivity index (χ0v) is 15.3. The fourth-order valence-corrected chi connectivity index (χ4v) is 2.69. The van der Waals surface area contributed by atoms with Crippen molar-refractivity contribution in [3.8, 4) is 11.5 Å². The molecule has 0 atom stereocenters. The van der Waals surface area contributed by atoms with Crippen LogP contribution in [0.25, 0.3) is 0 Å². The largest absolute Gasteiger partial charge is 0.504 e. The first-order chi connectivity index (χ1) is 9.99. The second-order valence-electron chi connectivity index (χ2n) is 8.91. The van der Waals surface area contributed by atoms with Gasteiger partial charge in [-0.15, -0.1) is 0 Å². The number of aryl methyl sites for hydroxylation is 2. The van der Waals surface area contributed by atoms with Crippen LogP contribution in [-0.2, 0) is 12.8 Å². The maximum atomic E-state index is 10.2. The molecule has 1 aromatic rings. The molecular weight excluding hydrogens is 272 g/mol. The molecule has 0 fully saturated rings. The van der Waals surface area contributed by atoms with Crippen molar-refractivity contribution in [1.82, 2.24) is 0 Å². The summed E-state index contributed by atoms with van der Waals surface area (Å²) in [5.74, 6) is 0.171. The quantitative estimate of drug-likeness (QED) is 0.649. The van der Waals surface area contributed by atoms with Gasteiger partial charge in [-0.2, -0.15) is 0 Å². The van der Waals surface area contributed by atoms with Crippen LogP contribution in [-0.4, -0.2) is 10.2 Å². The van der Waals surface area contributed by atoms with Gasteiger partial charge in [-0.1, -0.05) is 53.7 Å².